The van der Waals surface area contributed by atoms with E-state index in [0.717, 1.165) is 140 Å². The number of aromatic amines is 3. The number of aryl methyl sites for hydroxylation is 3. The van der Waals surface area contributed by atoms with Crippen LogP contribution in [0, 0.1) is 55.7 Å². The number of benzene rings is 3. The molecule has 9 aromatic heterocycles. The number of fused-ring (bicyclic) bond motifs is 3. The van der Waals surface area contributed by atoms with Crippen LogP contribution in [0.3, 0.4) is 0 Å². The molecule has 0 atom stereocenters. The van der Waals surface area contributed by atoms with E-state index in [9.17, 15) is 27.6 Å². The number of rotatable bonds is 22. The number of hydrogen-bond acceptors (Lipinski definition) is 24. The van der Waals surface area contributed by atoms with E-state index in [1.807, 2.05) is 18.2 Å². The van der Waals surface area contributed by atoms with Gasteiger partial charge in [-0.3, -0.25) is 29.1 Å². The highest BCUT2D eigenvalue weighted by molar-refractivity contribution is 6.03. The topological polar surface area (TPSA) is 316 Å². The first-order valence-corrected chi connectivity index (χ1v) is 37.8. The van der Waals surface area contributed by atoms with Crippen molar-refractivity contribution in [2.24, 2.45) is 0 Å². The summed E-state index contributed by atoms with van der Waals surface area (Å²) in [6.45, 7) is 22.8. The molecule has 0 saturated carbocycles. The average molecular weight is 1610 g/mol. The molecule has 3 fully saturated rings. The highest BCUT2D eigenvalue weighted by atomic mass is 19.1. The molecule has 7 N–H and O–H groups in total. The van der Waals surface area contributed by atoms with Gasteiger partial charge in [-0.25, -0.2) is 71.2 Å². The number of nitrogens with one attached hydrogen (secondary N) is 7. The molecule has 12 aromatic rings. The number of ether oxygens (including phenoxy) is 3. The Balaban J connectivity index is 0.000000152. The van der Waals surface area contributed by atoms with Crippen molar-refractivity contribution in [3.63, 3.8) is 0 Å². The van der Waals surface area contributed by atoms with Crippen LogP contribution in [0.15, 0.2) is 110 Å². The minimum atomic E-state index is -0.774. The van der Waals surface area contributed by atoms with Gasteiger partial charge in [-0.1, -0.05) is 25.1 Å². The van der Waals surface area contributed by atoms with Gasteiger partial charge >= 0.3 is 0 Å². The quantitative estimate of drug-likeness (QED) is 0.0310. The number of anilines is 6. The number of aromatic nitrogens is 12. The van der Waals surface area contributed by atoms with Crippen LogP contribution in [0.1, 0.15) is 71.8 Å². The molecule has 36 heteroatoms. The molecule has 3 saturated heterocycles. The summed E-state index contributed by atoms with van der Waals surface area (Å²) in [6, 6.07) is 18.5. The maximum Gasteiger partial charge on any atom is 0.262 e. The van der Waals surface area contributed by atoms with Crippen LogP contribution in [-0.2, 0) is 19.6 Å². The molecule has 3 aromatic carbocycles. The van der Waals surface area contributed by atoms with Crippen molar-refractivity contribution in [2.75, 3.05) is 150 Å². The van der Waals surface area contributed by atoms with E-state index in [-0.39, 0.29) is 84.5 Å². The summed E-state index contributed by atoms with van der Waals surface area (Å²) >= 11 is 0. The highest BCUT2D eigenvalue weighted by Gasteiger charge is 2.31. The molecule has 30 nitrogen and oxygen atoms in total. The first-order valence-electron chi connectivity index (χ1n) is 37.8. The van der Waals surface area contributed by atoms with Gasteiger partial charge in [0.25, 0.3) is 17.7 Å². The SMILES string of the molecule is CCN1CCN(Cc2ccc(Nc3ncnc(Oc4cc(F)c5[nH]c(C)cc5c4F)c3C(=O)N(C)C)nc2)CC1.Cc1cc2c(F)c(Oc3ncnc(Nc4ccc(CN5CCN(C)CC5)cn4)c3C(=O)N(C)C)cc(F)c2[nH]1.Cc1cc2c(F)c(Oc3ncnc(Nc4ccc(CN5CCNCC5)cn4)c3C(=O)N(C)C)cc(F)c2[nH]1. The standard InChI is InChI=1S/C28H32F2N8O2.C27H30F2N8O2.C26H28F2N8O2/c1-5-37-8-10-38(11-9-37)15-18-6-7-22(31-14-18)35-26-23(28(39)36(3)4)27(33-16-32-26)40-21-13-20(29)25-19(24(21)30)12-17(2)34-25;1-16-11-18-23(29)20(12-19(28)24(18)33-16)39-26-22(27(38)35(2)3)25(31-15-32-26)34-21-6-5-17(13-30-21)14-37-9-7-36(4)8-10-37;1-15-10-17-22(28)19(11-18(27)23(17)33-15)38-25-21(26(37)35(2)3)24(31-14-32-25)34-20-5-4-16(12-30-20)13-36-8-6-29-7-9-36/h6-7,12-14,16,34H,5,8-11,15H2,1-4H3,(H,31,32,33,35);5-6,11-13,15,33H,7-10,14H2,1-4H3,(H,30,31,32,34);4-5,10-12,14,29,33H,6-9,13H2,1-3H3,(H,30,31,32,34). The number of pyridine rings is 3. The monoisotopic (exact) mass is 1610 g/mol. The van der Waals surface area contributed by atoms with Crippen LogP contribution in [0.5, 0.6) is 34.9 Å². The number of carbonyl (C=O) groups is 3. The third-order valence-electron chi connectivity index (χ3n) is 19.8. The normalized spacial score (nSPS) is 14.3. The van der Waals surface area contributed by atoms with Crippen LogP contribution in [0.2, 0.25) is 0 Å². The van der Waals surface area contributed by atoms with Gasteiger partial charge < -0.3 is 74.9 Å². The van der Waals surface area contributed by atoms with E-state index < -0.39 is 69.9 Å². The lowest BCUT2D eigenvalue weighted by molar-refractivity contribution is 0.0817. The second-order valence-electron chi connectivity index (χ2n) is 29.2. The number of carbonyl (C=O) groups excluding carboxylic acids is 3. The highest BCUT2D eigenvalue weighted by Crippen LogP contribution is 2.40. The minimum absolute atomic E-state index is 0.0356. The van der Waals surface area contributed by atoms with Gasteiger partial charge in [0, 0.05) is 210 Å². The second-order valence-corrected chi connectivity index (χ2v) is 29.2. The smallest absolute Gasteiger partial charge is 0.262 e. The van der Waals surface area contributed by atoms with Crippen LogP contribution < -0.4 is 35.5 Å². The summed E-state index contributed by atoms with van der Waals surface area (Å²) in [7, 11) is 11.5. The second kappa shape index (κ2) is 36.6. The fourth-order valence-electron chi connectivity index (χ4n) is 13.5. The Morgan fingerprint density at radius 1 is 0.410 bits per heavy atom. The van der Waals surface area contributed by atoms with E-state index in [1.54, 1.807) is 99.8 Å². The Bertz CT molecular complexity index is 5560. The molecule has 3 amide bonds. The lowest BCUT2D eigenvalue weighted by atomic mass is 10.2. The van der Waals surface area contributed by atoms with E-state index in [0.29, 0.717) is 34.5 Å². The van der Waals surface area contributed by atoms with E-state index in [2.05, 4.69) is 120 Å². The maximum atomic E-state index is 15.2. The van der Waals surface area contributed by atoms with Gasteiger partial charge in [0.05, 0.1) is 16.6 Å². The summed E-state index contributed by atoms with van der Waals surface area (Å²) in [5, 5.41) is 12.6. The first kappa shape index (κ1) is 82.5. The number of halogens is 6. The molecule has 0 radical (unpaired) electrons. The number of nitrogens with zero attached hydrogens (tertiary/aromatic N) is 17. The fourth-order valence-corrected chi connectivity index (χ4v) is 13.5. The molecule has 3 aliphatic rings. The summed E-state index contributed by atoms with van der Waals surface area (Å²) in [4.78, 5) is 102. The fraction of sp³-hybridized carbons (Fsp3) is 0.333. The Labute approximate surface area is 670 Å². The molecule has 0 unspecified atom stereocenters. The van der Waals surface area contributed by atoms with Crippen molar-refractivity contribution in [3.05, 3.63) is 196 Å². The Morgan fingerprint density at radius 2 is 0.709 bits per heavy atom. The van der Waals surface area contributed by atoms with Gasteiger partial charge in [-0.2, -0.15) is 0 Å². The Kier molecular flexibility index (Phi) is 25.8. The number of likely N-dealkylation sites (N-methyl/N-ethyl adjacent to an activating group) is 2. The molecular weight excluding hydrogens is 1520 g/mol. The average Bonchev–Trinajstić information content (AvgIpc) is 1.73. The van der Waals surface area contributed by atoms with Gasteiger partial charge in [0.15, 0.2) is 69.6 Å². The molecule has 612 valence electrons. The van der Waals surface area contributed by atoms with Gasteiger partial charge in [-0.15, -0.1) is 0 Å². The summed E-state index contributed by atoms with van der Waals surface area (Å²) in [5.41, 5.74) is 4.95. The Hall–Kier alpha value is -12.5. The molecule has 3 aliphatic heterocycles. The summed E-state index contributed by atoms with van der Waals surface area (Å²) in [5.74, 6) is -5.98. The predicted octanol–water partition coefficient (Wildman–Crippen LogP) is 11.8. The zero-order valence-corrected chi connectivity index (χ0v) is 66.5. The van der Waals surface area contributed by atoms with E-state index in [1.165, 1.54) is 51.9 Å². The Morgan fingerprint density at radius 3 is 1.00 bits per heavy atom. The van der Waals surface area contributed by atoms with Crippen LogP contribution in [-0.4, -0.2) is 251 Å². The third-order valence-corrected chi connectivity index (χ3v) is 19.8. The lowest BCUT2D eigenvalue weighted by Gasteiger charge is -2.33. The third kappa shape index (κ3) is 19.6. The largest absolute Gasteiger partial charge is 0.435 e. The summed E-state index contributed by atoms with van der Waals surface area (Å²) in [6.07, 6.45) is 8.87. The van der Waals surface area contributed by atoms with Crippen LogP contribution in [0.25, 0.3) is 32.7 Å². The molecule has 15 rings (SSSR count). The van der Waals surface area contributed by atoms with Crippen molar-refractivity contribution in [3.8, 4) is 34.9 Å². The molecular formula is C81H90F6N24O6. The van der Waals surface area contributed by atoms with Crippen molar-refractivity contribution >= 4 is 85.3 Å². The number of hydrogen-bond donors (Lipinski definition) is 7. The number of amides is 3. The molecule has 0 spiro atoms. The summed E-state index contributed by atoms with van der Waals surface area (Å²) < 4.78 is 107. The van der Waals surface area contributed by atoms with E-state index in [4.69, 9.17) is 14.2 Å². The maximum absolute atomic E-state index is 15.2. The van der Waals surface area contributed by atoms with Gasteiger partial charge in [0.2, 0.25) is 17.6 Å². The lowest BCUT2D eigenvalue weighted by Crippen LogP contribution is -2.45. The molecule has 117 heavy (non-hydrogen) atoms. The molecule has 0 bridgehead atoms. The predicted molar refractivity (Wildman–Crippen MR) is 430 cm³/mol. The number of piperazine rings is 3. The number of H-pyrrole nitrogens is 3. The van der Waals surface area contributed by atoms with Gasteiger partial charge in [0.1, 0.15) is 53.1 Å². The van der Waals surface area contributed by atoms with Crippen molar-refractivity contribution in [1.82, 2.24) is 104 Å². The van der Waals surface area contributed by atoms with Crippen LogP contribution in [0.4, 0.5) is 61.2 Å². The molecule has 12 heterocycles. The van der Waals surface area contributed by atoms with Crippen molar-refractivity contribution < 1.29 is 54.9 Å². The molecule has 0 aliphatic carbocycles. The van der Waals surface area contributed by atoms with E-state index >= 15 is 13.2 Å². The van der Waals surface area contributed by atoms with Gasteiger partial charge in [-0.05, 0) is 87.5 Å². The zero-order valence-electron chi connectivity index (χ0n) is 66.5. The van der Waals surface area contributed by atoms with Crippen molar-refractivity contribution in [1.29, 1.82) is 0 Å². The van der Waals surface area contributed by atoms with Crippen molar-refractivity contribution in [2.45, 2.75) is 47.3 Å². The zero-order chi connectivity index (χ0) is 82.9. The minimum Gasteiger partial charge on any atom is -0.435 e. The first-order chi connectivity index (χ1) is 56.2. The van der Waals surface area contributed by atoms with Crippen LogP contribution >= 0.6 is 0 Å².